The Hall–Kier alpha value is -4.42. The molecule has 0 radical (unpaired) electrons. The molecule has 0 saturated carbocycles. The Bertz CT molecular complexity index is 1130. The zero-order valence-electron chi connectivity index (χ0n) is 16.3. The Labute approximate surface area is 177 Å². The van der Waals surface area contributed by atoms with Gasteiger partial charge in [-0.3, -0.25) is 10.6 Å². The highest BCUT2D eigenvalue weighted by Gasteiger charge is 2.07. The summed E-state index contributed by atoms with van der Waals surface area (Å²) in [5.74, 6) is 0. The summed E-state index contributed by atoms with van der Waals surface area (Å²) in [7, 11) is 0. The first kappa shape index (κ1) is 21.3. The van der Waals surface area contributed by atoms with Crippen molar-refractivity contribution in [2.24, 2.45) is 4.99 Å². The minimum Gasteiger partial charge on any atom is -0.465 e. The van der Waals surface area contributed by atoms with Crippen LogP contribution in [0.2, 0.25) is 0 Å². The molecule has 0 fully saturated rings. The number of rotatable bonds is 7. The zero-order valence-corrected chi connectivity index (χ0v) is 16.3. The molecule has 0 aliphatic carbocycles. The van der Waals surface area contributed by atoms with Crippen LogP contribution in [0.4, 0.5) is 26.7 Å². The largest absolute Gasteiger partial charge is 0.465 e. The van der Waals surface area contributed by atoms with Crippen molar-refractivity contribution < 1.29 is 24.6 Å². The van der Waals surface area contributed by atoms with E-state index in [1.807, 2.05) is 24.3 Å². The normalized spacial score (nSPS) is 10.1. The summed E-state index contributed by atoms with van der Waals surface area (Å²) in [6.07, 6.45) is 0.453. The van der Waals surface area contributed by atoms with Gasteiger partial charge in [0.15, 0.2) is 0 Å². The first-order chi connectivity index (χ1) is 14.9. The highest BCUT2D eigenvalue weighted by Crippen LogP contribution is 2.25. The molecule has 0 heterocycles. The summed E-state index contributed by atoms with van der Waals surface area (Å²) in [5.41, 5.74) is 5.25. The first-order valence-corrected chi connectivity index (χ1v) is 9.30. The van der Waals surface area contributed by atoms with Gasteiger partial charge < -0.3 is 10.2 Å². The van der Waals surface area contributed by atoms with Gasteiger partial charge in [0.2, 0.25) is 6.08 Å². The van der Waals surface area contributed by atoms with Crippen molar-refractivity contribution >= 4 is 35.3 Å². The first-order valence-electron chi connectivity index (χ1n) is 9.30. The second-order valence-corrected chi connectivity index (χ2v) is 6.77. The number of amides is 2. The van der Waals surface area contributed by atoms with E-state index in [0.717, 1.165) is 22.3 Å². The van der Waals surface area contributed by atoms with E-state index in [-0.39, 0.29) is 0 Å². The minimum absolute atomic E-state index is 0.469. The van der Waals surface area contributed by atoms with Crippen molar-refractivity contribution in [3.05, 3.63) is 89.0 Å². The Balaban J connectivity index is 1.79. The average molecular weight is 417 g/mol. The van der Waals surface area contributed by atoms with Gasteiger partial charge in [-0.25, -0.2) is 14.4 Å². The Kier molecular flexibility index (Phi) is 6.78. The fourth-order valence-electron chi connectivity index (χ4n) is 3.16. The lowest BCUT2D eigenvalue weighted by atomic mass is 9.97. The van der Waals surface area contributed by atoms with Crippen LogP contribution in [0.3, 0.4) is 0 Å². The molecule has 156 valence electrons. The molecular formula is C23H19N3O5. The third-order valence-corrected chi connectivity index (χ3v) is 4.52. The van der Waals surface area contributed by atoms with Crippen molar-refractivity contribution in [3.8, 4) is 0 Å². The van der Waals surface area contributed by atoms with Crippen molar-refractivity contribution in [3.63, 3.8) is 0 Å². The SMILES string of the molecule is O=C=Nc1ccc(Cc2ccc(NC(=O)O)cc2)cc1Cc1ccc(NC(=O)O)cc1. The number of benzene rings is 3. The summed E-state index contributed by atoms with van der Waals surface area (Å²) >= 11 is 0. The van der Waals surface area contributed by atoms with Crippen LogP contribution in [0.5, 0.6) is 0 Å². The van der Waals surface area contributed by atoms with E-state index in [9.17, 15) is 14.4 Å². The summed E-state index contributed by atoms with van der Waals surface area (Å²) in [5, 5.41) is 22.1. The van der Waals surface area contributed by atoms with E-state index in [4.69, 9.17) is 10.2 Å². The Morgan fingerprint density at radius 1 is 0.742 bits per heavy atom. The number of aliphatic imine (C=N–C) groups is 1. The molecule has 0 aromatic heterocycles. The maximum atomic E-state index is 10.8. The summed E-state index contributed by atoms with van der Waals surface area (Å²) in [6.45, 7) is 0. The monoisotopic (exact) mass is 417 g/mol. The standard InChI is InChI=1S/C23H19N3O5/c27-14-24-21-10-5-17(11-15-1-6-19(7-2-15)25-22(28)29)13-18(21)12-16-3-8-20(9-4-16)26-23(30)31/h1-10,13,25-26H,11-12H2,(H,28,29)(H,30,31). The van der Waals surface area contributed by atoms with Gasteiger partial charge in [0.05, 0.1) is 5.69 Å². The van der Waals surface area contributed by atoms with Gasteiger partial charge in [0.1, 0.15) is 0 Å². The second kappa shape index (κ2) is 9.87. The number of carbonyl (C=O) groups is 2. The third kappa shape index (κ3) is 6.28. The van der Waals surface area contributed by atoms with Gasteiger partial charge in [-0.2, -0.15) is 4.99 Å². The number of hydrogen-bond acceptors (Lipinski definition) is 4. The van der Waals surface area contributed by atoms with Gasteiger partial charge in [0, 0.05) is 11.4 Å². The highest BCUT2D eigenvalue weighted by atomic mass is 16.4. The molecule has 0 aliphatic heterocycles. The number of hydrogen-bond donors (Lipinski definition) is 4. The fourth-order valence-corrected chi connectivity index (χ4v) is 3.16. The molecule has 0 unspecified atom stereocenters. The average Bonchev–Trinajstić information content (AvgIpc) is 2.72. The summed E-state index contributed by atoms with van der Waals surface area (Å²) < 4.78 is 0. The van der Waals surface area contributed by atoms with Gasteiger partial charge in [0.25, 0.3) is 0 Å². The quantitative estimate of drug-likeness (QED) is 0.317. The predicted molar refractivity (Wildman–Crippen MR) is 116 cm³/mol. The van der Waals surface area contributed by atoms with Gasteiger partial charge in [-0.15, -0.1) is 0 Å². The van der Waals surface area contributed by atoms with E-state index in [1.165, 1.54) is 0 Å². The lowest BCUT2D eigenvalue weighted by Crippen LogP contribution is -2.07. The van der Waals surface area contributed by atoms with E-state index in [2.05, 4.69) is 15.6 Å². The molecule has 0 atom stereocenters. The molecule has 3 rings (SSSR count). The van der Waals surface area contributed by atoms with E-state index >= 15 is 0 Å². The summed E-state index contributed by atoms with van der Waals surface area (Å²) in [4.78, 5) is 36.0. The van der Waals surface area contributed by atoms with Gasteiger partial charge >= 0.3 is 12.2 Å². The third-order valence-electron chi connectivity index (χ3n) is 4.52. The molecule has 0 aliphatic rings. The number of carbonyl (C=O) groups excluding carboxylic acids is 1. The lowest BCUT2D eigenvalue weighted by Gasteiger charge is -2.10. The van der Waals surface area contributed by atoms with E-state index < -0.39 is 12.2 Å². The summed E-state index contributed by atoms with van der Waals surface area (Å²) in [6, 6.07) is 19.6. The highest BCUT2D eigenvalue weighted by molar-refractivity contribution is 5.83. The number of carboxylic acid groups (broad SMARTS) is 2. The van der Waals surface area contributed by atoms with Crippen LogP contribution in [0.25, 0.3) is 0 Å². The van der Waals surface area contributed by atoms with E-state index in [1.54, 1.807) is 48.5 Å². The van der Waals surface area contributed by atoms with Crippen LogP contribution < -0.4 is 10.6 Å². The topological polar surface area (TPSA) is 128 Å². The van der Waals surface area contributed by atoms with Crippen LogP contribution in [-0.4, -0.2) is 28.5 Å². The molecule has 3 aromatic carbocycles. The second-order valence-electron chi connectivity index (χ2n) is 6.77. The molecular weight excluding hydrogens is 398 g/mol. The Morgan fingerprint density at radius 3 is 1.71 bits per heavy atom. The van der Waals surface area contributed by atoms with Gasteiger partial charge in [-0.05, 0) is 65.4 Å². The van der Waals surface area contributed by atoms with Crippen molar-refractivity contribution in [2.75, 3.05) is 10.6 Å². The van der Waals surface area contributed by atoms with Crippen LogP contribution >= 0.6 is 0 Å². The predicted octanol–water partition coefficient (Wildman–Crippen LogP) is 5.02. The molecule has 8 nitrogen and oxygen atoms in total. The molecule has 3 aromatic rings. The van der Waals surface area contributed by atoms with Crippen LogP contribution in [0.1, 0.15) is 22.3 Å². The molecule has 0 spiro atoms. The van der Waals surface area contributed by atoms with Crippen molar-refractivity contribution in [1.29, 1.82) is 0 Å². The van der Waals surface area contributed by atoms with Crippen LogP contribution in [0, 0.1) is 0 Å². The van der Waals surface area contributed by atoms with Crippen LogP contribution in [0.15, 0.2) is 71.7 Å². The maximum Gasteiger partial charge on any atom is 0.409 e. The molecule has 31 heavy (non-hydrogen) atoms. The fraction of sp³-hybridized carbons (Fsp3) is 0.0870. The Morgan fingerprint density at radius 2 is 1.23 bits per heavy atom. The van der Waals surface area contributed by atoms with Crippen molar-refractivity contribution in [1.82, 2.24) is 0 Å². The minimum atomic E-state index is -1.13. The molecule has 4 N–H and O–H groups in total. The maximum absolute atomic E-state index is 10.8. The van der Waals surface area contributed by atoms with Crippen molar-refractivity contribution in [2.45, 2.75) is 12.8 Å². The lowest BCUT2D eigenvalue weighted by molar-refractivity contribution is 0.208. The number of nitrogens with zero attached hydrogens (tertiary/aromatic N) is 1. The number of isocyanates is 1. The molecule has 8 heteroatoms. The van der Waals surface area contributed by atoms with Crippen LogP contribution in [-0.2, 0) is 17.6 Å². The number of anilines is 2. The van der Waals surface area contributed by atoms with Gasteiger partial charge in [-0.1, -0.05) is 36.4 Å². The molecule has 0 saturated heterocycles. The molecule has 0 bridgehead atoms. The zero-order chi connectivity index (χ0) is 22.2. The number of nitrogens with one attached hydrogen (secondary N) is 2. The molecule has 2 amide bonds. The van der Waals surface area contributed by atoms with E-state index in [0.29, 0.717) is 29.9 Å². The smallest absolute Gasteiger partial charge is 0.409 e.